The summed E-state index contributed by atoms with van der Waals surface area (Å²) >= 11 is 0. The number of rotatable bonds is 2. The van der Waals surface area contributed by atoms with Gasteiger partial charge in [-0.05, 0) is 23.8 Å². The Kier molecular flexibility index (Phi) is 3.58. The Hall–Kier alpha value is -3.05. The van der Waals surface area contributed by atoms with Crippen molar-refractivity contribution in [1.29, 1.82) is 0 Å². The molecule has 25 heavy (non-hydrogen) atoms. The average Bonchev–Trinajstić information content (AvgIpc) is 2.59. The predicted molar refractivity (Wildman–Crippen MR) is 95.4 cm³/mol. The van der Waals surface area contributed by atoms with E-state index in [-0.39, 0.29) is 17.9 Å². The molecular formula is C20H18N2O3. The summed E-state index contributed by atoms with van der Waals surface area (Å²) in [5.74, 6) is 0.165. The van der Waals surface area contributed by atoms with Crippen molar-refractivity contribution in [3.05, 3.63) is 83.1 Å². The molecule has 2 aromatic rings. The van der Waals surface area contributed by atoms with Crippen molar-refractivity contribution in [2.24, 2.45) is 11.7 Å². The Morgan fingerprint density at radius 2 is 1.88 bits per heavy atom. The third-order valence-corrected chi connectivity index (χ3v) is 4.71. The predicted octanol–water partition coefficient (Wildman–Crippen LogP) is 2.89. The molecule has 5 N–H and O–H groups in total. The fourth-order valence-corrected chi connectivity index (χ4v) is 3.62. The van der Waals surface area contributed by atoms with Crippen molar-refractivity contribution >= 4 is 11.7 Å². The summed E-state index contributed by atoms with van der Waals surface area (Å²) in [5, 5.41) is 9.62. The highest BCUT2D eigenvalue weighted by Gasteiger charge is 2.37. The molecule has 1 aliphatic carbocycles. The van der Waals surface area contributed by atoms with Gasteiger partial charge in [0.05, 0.1) is 5.56 Å². The fraction of sp³-hybridized carbons (Fsp3) is 0.150. The molecule has 0 fully saturated rings. The first-order valence-electron chi connectivity index (χ1n) is 8.09. The van der Waals surface area contributed by atoms with Gasteiger partial charge in [0.15, 0.2) is 0 Å². The summed E-state index contributed by atoms with van der Waals surface area (Å²) in [6.45, 7) is 0. The fourth-order valence-electron chi connectivity index (χ4n) is 3.62. The van der Waals surface area contributed by atoms with Gasteiger partial charge in [-0.2, -0.15) is 0 Å². The second-order valence-electron chi connectivity index (χ2n) is 6.33. The second kappa shape index (κ2) is 5.79. The van der Waals surface area contributed by atoms with E-state index in [1.807, 2.05) is 42.5 Å². The van der Waals surface area contributed by atoms with Crippen molar-refractivity contribution in [3.63, 3.8) is 0 Å². The Balaban J connectivity index is 1.95. The summed E-state index contributed by atoms with van der Waals surface area (Å²) in [7, 11) is 0. The van der Waals surface area contributed by atoms with E-state index in [4.69, 9.17) is 16.2 Å². The van der Waals surface area contributed by atoms with Crippen LogP contribution in [0.25, 0.3) is 0 Å². The summed E-state index contributed by atoms with van der Waals surface area (Å²) in [4.78, 5) is 11.7. The number of carbonyl (C=O) groups is 1. The van der Waals surface area contributed by atoms with Gasteiger partial charge in [0.2, 0.25) is 0 Å². The number of benzene rings is 2. The number of fused-ring (bicyclic) bond motifs is 2. The molecule has 0 saturated carbocycles. The van der Waals surface area contributed by atoms with Gasteiger partial charge in [-0.3, -0.25) is 0 Å². The highest BCUT2D eigenvalue weighted by Crippen LogP contribution is 2.48. The van der Waals surface area contributed by atoms with Gasteiger partial charge in [-0.15, -0.1) is 0 Å². The normalized spacial score (nSPS) is 23.9. The first-order valence-corrected chi connectivity index (χ1v) is 8.09. The van der Waals surface area contributed by atoms with Crippen LogP contribution in [0.2, 0.25) is 0 Å². The van der Waals surface area contributed by atoms with E-state index in [0.29, 0.717) is 17.0 Å². The molecule has 5 heteroatoms. The third kappa shape index (κ3) is 2.58. The number of carboxylic acid groups (broad SMARTS) is 1. The van der Waals surface area contributed by atoms with E-state index in [0.717, 1.165) is 16.9 Å². The standard InChI is InChI=1S/C20H18N2O3/c21-11-5-7-15-17(9-11)25-18-10-12(22)6-8-16(18)19(15)13-3-1-2-4-14(13)20(23)24/h1-11,15,19H,21-22H2,(H,23,24). The van der Waals surface area contributed by atoms with Crippen molar-refractivity contribution in [2.75, 3.05) is 5.73 Å². The van der Waals surface area contributed by atoms with Crippen LogP contribution in [-0.4, -0.2) is 17.1 Å². The zero-order valence-electron chi connectivity index (χ0n) is 13.4. The lowest BCUT2D eigenvalue weighted by molar-refractivity contribution is 0.0695. The van der Waals surface area contributed by atoms with Gasteiger partial charge in [0.25, 0.3) is 0 Å². The van der Waals surface area contributed by atoms with E-state index < -0.39 is 5.97 Å². The third-order valence-electron chi connectivity index (χ3n) is 4.71. The van der Waals surface area contributed by atoms with E-state index >= 15 is 0 Å². The molecule has 0 amide bonds. The van der Waals surface area contributed by atoms with Gasteiger partial charge in [-0.1, -0.05) is 36.4 Å². The molecule has 126 valence electrons. The van der Waals surface area contributed by atoms with Gasteiger partial charge in [0, 0.05) is 35.2 Å². The first-order chi connectivity index (χ1) is 12.0. The Bertz CT molecular complexity index is 917. The highest BCUT2D eigenvalue weighted by atomic mass is 16.5. The lowest BCUT2D eigenvalue weighted by atomic mass is 9.74. The number of nitrogens with two attached hydrogens (primary N) is 2. The lowest BCUT2D eigenvalue weighted by Gasteiger charge is -2.36. The van der Waals surface area contributed by atoms with Gasteiger partial charge < -0.3 is 21.3 Å². The van der Waals surface area contributed by atoms with Crippen LogP contribution in [0.15, 0.2) is 66.5 Å². The molecule has 2 aliphatic rings. The van der Waals surface area contributed by atoms with Crippen LogP contribution in [0.1, 0.15) is 27.4 Å². The Labute approximate surface area is 145 Å². The number of nitrogen functional groups attached to an aromatic ring is 1. The maximum Gasteiger partial charge on any atom is 0.335 e. The van der Waals surface area contributed by atoms with E-state index in [1.54, 1.807) is 18.2 Å². The SMILES string of the molecule is Nc1ccc2c(c1)OC1=CC(N)C=CC1C2c1ccccc1C(=O)O. The quantitative estimate of drug-likeness (QED) is 0.579. The van der Waals surface area contributed by atoms with Gasteiger partial charge >= 0.3 is 5.97 Å². The van der Waals surface area contributed by atoms with Crippen LogP contribution in [0.5, 0.6) is 5.75 Å². The number of ether oxygens (including phenoxy) is 1. The van der Waals surface area contributed by atoms with Crippen LogP contribution >= 0.6 is 0 Å². The smallest absolute Gasteiger partial charge is 0.335 e. The number of hydrogen-bond donors (Lipinski definition) is 3. The monoisotopic (exact) mass is 334 g/mol. The van der Waals surface area contributed by atoms with Crippen LogP contribution in [0, 0.1) is 5.92 Å². The summed E-state index contributed by atoms with van der Waals surface area (Å²) in [6.07, 6.45) is 5.78. The molecule has 1 heterocycles. The molecule has 2 aromatic carbocycles. The number of aromatic carboxylic acids is 1. The van der Waals surface area contributed by atoms with Crippen molar-refractivity contribution in [1.82, 2.24) is 0 Å². The zero-order chi connectivity index (χ0) is 17.6. The maximum absolute atomic E-state index is 11.7. The van der Waals surface area contributed by atoms with Crippen LogP contribution < -0.4 is 16.2 Å². The van der Waals surface area contributed by atoms with Crippen LogP contribution in [-0.2, 0) is 0 Å². The lowest BCUT2D eigenvalue weighted by Crippen LogP contribution is -2.30. The van der Waals surface area contributed by atoms with E-state index in [9.17, 15) is 9.90 Å². The molecule has 5 nitrogen and oxygen atoms in total. The second-order valence-corrected chi connectivity index (χ2v) is 6.33. The van der Waals surface area contributed by atoms with E-state index in [2.05, 4.69) is 0 Å². The minimum absolute atomic E-state index is 0.101. The summed E-state index contributed by atoms with van der Waals surface area (Å²) in [6, 6.07) is 12.4. The van der Waals surface area contributed by atoms with Crippen LogP contribution in [0.4, 0.5) is 5.69 Å². The average molecular weight is 334 g/mol. The highest BCUT2D eigenvalue weighted by molar-refractivity contribution is 5.90. The first kappa shape index (κ1) is 15.5. The molecule has 0 spiro atoms. The Morgan fingerprint density at radius 3 is 2.68 bits per heavy atom. The van der Waals surface area contributed by atoms with E-state index in [1.165, 1.54) is 0 Å². The van der Waals surface area contributed by atoms with Gasteiger partial charge in [-0.25, -0.2) is 4.79 Å². The molecule has 1 aliphatic heterocycles. The molecule has 3 unspecified atom stereocenters. The molecule has 4 rings (SSSR count). The molecular weight excluding hydrogens is 316 g/mol. The number of carboxylic acids is 1. The van der Waals surface area contributed by atoms with Crippen LogP contribution in [0.3, 0.4) is 0 Å². The minimum atomic E-state index is -0.943. The summed E-state index contributed by atoms with van der Waals surface area (Å²) < 4.78 is 6.04. The zero-order valence-corrected chi connectivity index (χ0v) is 13.4. The van der Waals surface area contributed by atoms with Crippen molar-refractivity contribution in [3.8, 4) is 5.75 Å². The Morgan fingerprint density at radius 1 is 1.08 bits per heavy atom. The number of allylic oxidation sites excluding steroid dienone is 1. The minimum Gasteiger partial charge on any atom is -0.478 e. The topological polar surface area (TPSA) is 98.6 Å². The van der Waals surface area contributed by atoms with Crippen molar-refractivity contribution < 1.29 is 14.6 Å². The maximum atomic E-state index is 11.7. The van der Waals surface area contributed by atoms with Gasteiger partial charge in [0.1, 0.15) is 11.5 Å². The molecule has 0 radical (unpaired) electrons. The summed E-state index contributed by atoms with van der Waals surface area (Å²) in [5.41, 5.74) is 14.5. The molecule has 0 aromatic heterocycles. The molecule has 3 atom stereocenters. The number of hydrogen-bond acceptors (Lipinski definition) is 4. The molecule has 0 bridgehead atoms. The molecule has 0 saturated heterocycles. The number of anilines is 1. The largest absolute Gasteiger partial charge is 0.478 e. The van der Waals surface area contributed by atoms with Crippen molar-refractivity contribution in [2.45, 2.75) is 12.0 Å².